The summed E-state index contributed by atoms with van der Waals surface area (Å²) in [5, 5.41) is 0. The molecule has 0 saturated carbocycles. The van der Waals surface area contributed by atoms with E-state index in [1.165, 1.54) is 0 Å². The largest absolute Gasteiger partial charge is 0.221 e. The highest BCUT2D eigenvalue weighted by Gasteiger charge is 2.23. The molecule has 14 heavy (non-hydrogen) atoms. The summed E-state index contributed by atoms with van der Waals surface area (Å²) in [5.41, 5.74) is 1.03. The summed E-state index contributed by atoms with van der Waals surface area (Å²) in [6, 6.07) is 6.68. The van der Waals surface area contributed by atoms with E-state index in [-0.39, 0.29) is 4.90 Å². The van der Waals surface area contributed by atoms with Crippen LogP contribution < -0.4 is 0 Å². The molecule has 0 radical (unpaired) electrons. The number of hydrogen-bond donors (Lipinski definition) is 0. The predicted molar refractivity (Wildman–Crippen MR) is 61.5 cm³/mol. The van der Waals surface area contributed by atoms with Crippen LogP contribution in [-0.4, -0.2) is 18.7 Å². The molecular weight excluding hydrogens is 240 g/mol. The van der Waals surface area contributed by atoms with Crippen molar-refractivity contribution in [3.05, 3.63) is 29.8 Å². The molecule has 0 spiro atoms. The molecular formula is C9H11ClO2S2. The number of hydrogen-bond acceptors (Lipinski definition) is 3. The van der Waals surface area contributed by atoms with Crippen molar-refractivity contribution >= 4 is 33.2 Å². The molecule has 0 aromatic heterocycles. The quantitative estimate of drug-likeness (QED) is 0.774. The zero-order chi connectivity index (χ0) is 10.8. The van der Waals surface area contributed by atoms with Gasteiger partial charge in [-0.15, -0.1) is 11.8 Å². The molecule has 0 aliphatic carbocycles. The summed E-state index contributed by atoms with van der Waals surface area (Å²) < 4.78 is 22.5. The Morgan fingerprint density at radius 3 is 2.21 bits per heavy atom. The molecule has 1 aromatic rings. The highest BCUT2D eigenvalue weighted by molar-refractivity contribution is 8.14. The normalized spacial score (nSPS) is 13.9. The van der Waals surface area contributed by atoms with E-state index in [1.54, 1.807) is 30.5 Å². The molecule has 5 heteroatoms. The summed E-state index contributed by atoms with van der Waals surface area (Å²) in [6.45, 7) is 1.91. The zero-order valence-electron chi connectivity index (χ0n) is 7.90. The fourth-order valence-corrected chi connectivity index (χ4v) is 3.35. The van der Waals surface area contributed by atoms with Crippen molar-refractivity contribution in [3.63, 3.8) is 0 Å². The Labute approximate surface area is 93.6 Å². The van der Waals surface area contributed by atoms with Gasteiger partial charge < -0.3 is 0 Å². The maximum Gasteiger partial charge on any atom is 0.204 e. The van der Waals surface area contributed by atoms with Crippen molar-refractivity contribution in [2.45, 2.75) is 15.9 Å². The van der Waals surface area contributed by atoms with Crippen LogP contribution in [0.2, 0.25) is 0 Å². The predicted octanol–water partition coefficient (Wildman–Crippen LogP) is 2.65. The Kier molecular flexibility index (Phi) is 3.86. The third kappa shape index (κ3) is 2.43. The maximum absolute atomic E-state index is 11.7. The molecule has 0 N–H and O–H groups in total. The summed E-state index contributed by atoms with van der Waals surface area (Å²) in [6.07, 6.45) is 1.67. The van der Waals surface area contributed by atoms with E-state index in [4.69, 9.17) is 11.6 Å². The molecule has 0 heterocycles. The van der Waals surface area contributed by atoms with Crippen LogP contribution >= 0.6 is 23.4 Å². The number of thioether (sulfide) groups is 1. The third-order valence-corrected chi connectivity index (χ3v) is 6.14. The number of alkyl halides is 1. The van der Waals surface area contributed by atoms with E-state index < -0.39 is 13.9 Å². The number of benzene rings is 1. The van der Waals surface area contributed by atoms with Gasteiger partial charge in [0, 0.05) is 0 Å². The lowest BCUT2D eigenvalue weighted by Crippen LogP contribution is -2.11. The molecule has 1 atom stereocenters. The average molecular weight is 251 g/mol. The van der Waals surface area contributed by atoms with Gasteiger partial charge in [0.2, 0.25) is 9.84 Å². The Morgan fingerprint density at radius 1 is 1.29 bits per heavy atom. The van der Waals surface area contributed by atoms with Gasteiger partial charge in [0.1, 0.15) is 0 Å². The number of rotatable bonds is 3. The minimum absolute atomic E-state index is 0.275. The monoisotopic (exact) mass is 250 g/mol. The van der Waals surface area contributed by atoms with Crippen molar-refractivity contribution in [3.8, 4) is 0 Å². The molecule has 0 aliphatic heterocycles. The van der Waals surface area contributed by atoms with Gasteiger partial charge in [0.05, 0.1) is 4.90 Å². The Morgan fingerprint density at radius 2 is 1.79 bits per heavy atom. The lowest BCUT2D eigenvalue weighted by Gasteiger charge is -2.08. The van der Waals surface area contributed by atoms with Gasteiger partial charge in [-0.3, -0.25) is 0 Å². The number of aryl methyl sites for hydroxylation is 1. The van der Waals surface area contributed by atoms with Gasteiger partial charge in [-0.1, -0.05) is 29.3 Å². The topological polar surface area (TPSA) is 34.1 Å². The minimum Gasteiger partial charge on any atom is -0.221 e. The van der Waals surface area contributed by atoms with Gasteiger partial charge in [-0.05, 0) is 25.3 Å². The van der Waals surface area contributed by atoms with Crippen LogP contribution in [0.1, 0.15) is 5.56 Å². The molecule has 1 aromatic carbocycles. The fourth-order valence-electron chi connectivity index (χ4n) is 0.962. The van der Waals surface area contributed by atoms with Crippen molar-refractivity contribution in [1.29, 1.82) is 0 Å². The van der Waals surface area contributed by atoms with Crippen LogP contribution in [0, 0.1) is 6.92 Å². The Balaban J connectivity index is 3.11. The third-order valence-electron chi connectivity index (χ3n) is 1.78. The molecule has 0 bridgehead atoms. The second-order valence-electron chi connectivity index (χ2n) is 2.87. The highest BCUT2D eigenvalue weighted by Crippen LogP contribution is 2.25. The van der Waals surface area contributed by atoms with Crippen molar-refractivity contribution < 1.29 is 8.42 Å². The van der Waals surface area contributed by atoms with Crippen LogP contribution in [0.3, 0.4) is 0 Å². The van der Waals surface area contributed by atoms with E-state index >= 15 is 0 Å². The van der Waals surface area contributed by atoms with Crippen LogP contribution in [0.4, 0.5) is 0 Å². The first-order valence-electron chi connectivity index (χ1n) is 3.96. The van der Waals surface area contributed by atoms with Gasteiger partial charge in [-0.2, -0.15) is 0 Å². The van der Waals surface area contributed by atoms with E-state index in [2.05, 4.69) is 0 Å². The molecule has 0 amide bonds. The standard InChI is InChI=1S/C9H11ClO2S2/c1-7-3-5-8(6-4-7)14(11,12)9(10)13-2/h3-6,9H,1-2H3. The van der Waals surface area contributed by atoms with E-state index in [1.807, 2.05) is 6.92 Å². The Bertz CT molecular complexity index is 397. The molecule has 78 valence electrons. The van der Waals surface area contributed by atoms with Crippen molar-refractivity contribution in [2.24, 2.45) is 0 Å². The van der Waals surface area contributed by atoms with Crippen molar-refractivity contribution in [1.82, 2.24) is 0 Å². The molecule has 2 nitrogen and oxygen atoms in total. The highest BCUT2D eigenvalue weighted by atomic mass is 35.5. The lowest BCUT2D eigenvalue weighted by atomic mass is 10.2. The van der Waals surface area contributed by atoms with Crippen LogP contribution in [0.15, 0.2) is 29.2 Å². The number of sulfone groups is 1. The van der Waals surface area contributed by atoms with Crippen LogP contribution in [0.25, 0.3) is 0 Å². The molecule has 1 unspecified atom stereocenters. The van der Waals surface area contributed by atoms with E-state index in [0.717, 1.165) is 17.3 Å². The van der Waals surface area contributed by atoms with Crippen LogP contribution in [-0.2, 0) is 9.84 Å². The van der Waals surface area contributed by atoms with Gasteiger partial charge in [0.15, 0.2) is 4.04 Å². The van der Waals surface area contributed by atoms with Gasteiger partial charge >= 0.3 is 0 Å². The van der Waals surface area contributed by atoms with Crippen molar-refractivity contribution in [2.75, 3.05) is 6.26 Å². The fraction of sp³-hybridized carbons (Fsp3) is 0.333. The van der Waals surface area contributed by atoms with Gasteiger partial charge in [-0.25, -0.2) is 8.42 Å². The maximum atomic E-state index is 11.7. The first-order valence-corrected chi connectivity index (χ1v) is 7.23. The summed E-state index contributed by atoms with van der Waals surface area (Å²) in [4.78, 5) is 0.275. The molecule has 0 aliphatic rings. The summed E-state index contributed by atoms with van der Waals surface area (Å²) in [7, 11) is -3.38. The summed E-state index contributed by atoms with van der Waals surface area (Å²) in [5.74, 6) is 0. The van der Waals surface area contributed by atoms with E-state index in [9.17, 15) is 8.42 Å². The second-order valence-corrected chi connectivity index (χ2v) is 7.10. The zero-order valence-corrected chi connectivity index (χ0v) is 10.3. The average Bonchev–Trinajstić information content (AvgIpc) is 2.17. The molecule has 1 rings (SSSR count). The summed E-state index contributed by atoms with van der Waals surface area (Å²) >= 11 is 6.81. The van der Waals surface area contributed by atoms with Gasteiger partial charge in [0.25, 0.3) is 0 Å². The van der Waals surface area contributed by atoms with E-state index in [0.29, 0.717) is 0 Å². The minimum atomic E-state index is -3.38. The molecule has 0 fully saturated rings. The smallest absolute Gasteiger partial charge is 0.204 e. The second kappa shape index (κ2) is 4.55. The molecule has 0 saturated heterocycles. The lowest BCUT2D eigenvalue weighted by molar-refractivity contribution is 0.599. The Hall–Kier alpha value is -0.190. The number of halogens is 1. The first kappa shape index (κ1) is 11.9. The van der Waals surface area contributed by atoms with Crippen LogP contribution in [0.5, 0.6) is 0 Å². The first-order chi connectivity index (χ1) is 6.48. The SMILES string of the molecule is CSC(Cl)S(=O)(=O)c1ccc(C)cc1.